The second kappa shape index (κ2) is 18.3. The summed E-state index contributed by atoms with van der Waals surface area (Å²) < 4.78 is 24.3. The first-order chi connectivity index (χ1) is 29.2. The van der Waals surface area contributed by atoms with Crippen LogP contribution in [0, 0.1) is 0 Å². The zero-order valence-electron chi connectivity index (χ0n) is 33.9. The molecule has 0 aliphatic rings. The number of nitrogens with one attached hydrogen (secondary N) is 1. The molecule has 3 N–H and O–H groups in total. The highest BCUT2D eigenvalue weighted by Gasteiger charge is 2.20. The zero-order chi connectivity index (χ0) is 43.4. The number of hydrogen-bond acceptors (Lipinski definition) is 10. The molecule has 14 nitrogen and oxygen atoms in total. The molecule has 4 aromatic heterocycles. The van der Waals surface area contributed by atoms with E-state index in [1.807, 2.05) is 100 Å². The van der Waals surface area contributed by atoms with Gasteiger partial charge in [-0.2, -0.15) is 9.97 Å². The molecule has 61 heavy (non-hydrogen) atoms. The fraction of sp³-hybridized carbons (Fsp3) is 0.244. The third-order valence-electron chi connectivity index (χ3n) is 9.52. The fourth-order valence-corrected chi connectivity index (χ4v) is 7.34. The lowest BCUT2D eigenvalue weighted by atomic mass is 10.1. The number of aromatic nitrogens is 6. The van der Waals surface area contributed by atoms with Crippen LogP contribution in [0.4, 0.5) is 0 Å². The van der Waals surface area contributed by atoms with Gasteiger partial charge in [0.15, 0.2) is 0 Å². The molecule has 0 bridgehead atoms. The molecule has 0 atom stereocenters. The number of rotatable bonds is 14. The van der Waals surface area contributed by atoms with Crippen molar-refractivity contribution in [3.05, 3.63) is 106 Å². The van der Waals surface area contributed by atoms with Crippen molar-refractivity contribution >= 4 is 56.9 Å². The van der Waals surface area contributed by atoms with E-state index in [1.165, 1.54) is 0 Å². The van der Waals surface area contributed by atoms with E-state index in [4.69, 9.17) is 51.9 Å². The van der Waals surface area contributed by atoms with Crippen molar-refractivity contribution in [2.75, 3.05) is 0 Å². The quantitative estimate of drug-likeness (QED) is 0.0938. The van der Waals surface area contributed by atoms with Crippen molar-refractivity contribution in [2.45, 2.75) is 65.6 Å². The van der Waals surface area contributed by atoms with Crippen LogP contribution in [0.1, 0.15) is 51.7 Å². The molecule has 0 spiro atoms. The van der Waals surface area contributed by atoms with Crippen LogP contribution < -0.4 is 9.47 Å². The smallest absolute Gasteiger partial charge is 0.303 e. The lowest BCUT2D eigenvalue weighted by molar-refractivity contribution is -0.138. The van der Waals surface area contributed by atoms with Gasteiger partial charge in [-0.05, 0) is 100 Å². The van der Waals surface area contributed by atoms with Crippen LogP contribution in [0.3, 0.4) is 0 Å². The Kier molecular flexibility index (Phi) is 12.8. The highest BCUT2D eigenvalue weighted by molar-refractivity contribution is 6.32. The van der Waals surface area contributed by atoms with Gasteiger partial charge in [0.1, 0.15) is 11.5 Å². The topological polar surface area (TPSA) is 192 Å². The number of aryl methyl sites for hydroxylation is 3. The molecule has 8 aromatic rings. The van der Waals surface area contributed by atoms with E-state index in [0.29, 0.717) is 68.9 Å². The summed E-state index contributed by atoms with van der Waals surface area (Å²) in [5.74, 6) is 1.13. The molecule has 314 valence electrons. The predicted octanol–water partition coefficient (Wildman–Crippen LogP) is 10.7. The van der Waals surface area contributed by atoms with Gasteiger partial charge in [-0.3, -0.25) is 9.59 Å². The average Bonchev–Trinajstić information content (AvgIpc) is 4.04. The van der Waals surface area contributed by atoms with Gasteiger partial charge in [-0.1, -0.05) is 57.8 Å². The minimum absolute atomic E-state index is 0.0181. The Hall–Kier alpha value is -6.64. The van der Waals surface area contributed by atoms with Gasteiger partial charge >= 0.3 is 11.9 Å². The number of carbonyl (C=O) groups is 2. The number of para-hydroxylation sites is 2. The monoisotopic (exact) mass is 864 g/mol. The molecule has 8 rings (SSSR count). The molecule has 0 unspecified atom stereocenters. The second-order valence-corrected chi connectivity index (χ2v) is 15.6. The molecule has 4 heterocycles. The van der Waals surface area contributed by atoms with Crippen molar-refractivity contribution in [1.82, 2.24) is 29.8 Å². The summed E-state index contributed by atoms with van der Waals surface area (Å²) in [6.45, 7) is 7.74. The van der Waals surface area contributed by atoms with E-state index in [-0.39, 0.29) is 25.0 Å². The van der Waals surface area contributed by atoms with E-state index < -0.39 is 11.9 Å². The van der Waals surface area contributed by atoms with Gasteiger partial charge in [0.05, 0.1) is 33.3 Å². The fourth-order valence-electron chi connectivity index (χ4n) is 6.89. The molecule has 0 aliphatic heterocycles. The maximum absolute atomic E-state index is 11.0. The number of carboxylic acid groups (broad SMARTS) is 2. The first kappa shape index (κ1) is 42.5. The van der Waals surface area contributed by atoms with Crippen LogP contribution in [0.5, 0.6) is 11.5 Å². The van der Waals surface area contributed by atoms with Crippen molar-refractivity contribution in [3.8, 4) is 57.2 Å². The van der Waals surface area contributed by atoms with Crippen molar-refractivity contribution < 1.29 is 38.3 Å². The van der Waals surface area contributed by atoms with Gasteiger partial charge in [0, 0.05) is 65.3 Å². The highest BCUT2D eigenvalue weighted by Crippen LogP contribution is 2.36. The number of H-pyrrole nitrogens is 1. The number of carboxylic acids is 2. The Morgan fingerprint density at radius 2 is 1.23 bits per heavy atom. The molecule has 0 saturated heterocycles. The minimum Gasteiger partial charge on any atom is -0.489 e. The summed E-state index contributed by atoms with van der Waals surface area (Å²) in [7, 11) is 1.92. The number of aliphatic carboxylic acids is 2. The highest BCUT2D eigenvalue weighted by atomic mass is 35.5. The van der Waals surface area contributed by atoms with Crippen LogP contribution in [0.15, 0.2) is 94.2 Å². The number of ether oxygens (including phenoxy) is 2. The number of fused-ring (bicyclic) bond motifs is 2. The summed E-state index contributed by atoms with van der Waals surface area (Å²) >= 11 is 12.7. The van der Waals surface area contributed by atoms with Crippen LogP contribution in [0.25, 0.3) is 67.5 Å². The van der Waals surface area contributed by atoms with Gasteiger partial charge in [0.25, 0.3) is 11.8 Å². The molecule has 0 saturated carbocycles. The van der Waals surface area contributed by atoms with Gasteiger partial charge in [-0.15, -0.1) is 0 Å². The maximum Gasteiger partial charge on any atom is 0.303 e. The Morgan fingerprint density at radius 1 is 0.721 bits per heavy atom. The molecule has 4 aromatic carbocycles. The Balaban J connectivity index is 0.000000184. The van der Waals surface area contributed by atoms with Gasteiger partial charge in [-0.25, -0.2) is 0 Å². The van der Waals surface area contributed by atoms with Crippen LogP contribution in [-0.2, 0) is 29.5 Å². The summed E-state index contributed by atoms with van der Waals surface area (Å²) in [5, 5.41) is 29.1. The summed E-state index contributed by atoms with van der Waals surface area (Å²) in [4.78, 5) is 34.2. The normalized spacial score (nSPS) is 11.4. The summed E-state index contributed by atoms with van der Waals surface area (Å²) in [6, 6.07) is 22.2. The van der Waals surface area contributed by atoms with Gasteiger partial charge in [0.2, 0.25) is 11.6 Å². The third kappa shape index (κ3) is 9.72. The standard InChI is InChI=1S/C23H22ClN3O4.C22H20ClN3O4/c1-13(2)30-19-9-7-14(11-18(19)24)23-25-22(26-31-23)17-6-4-5-16-15(8-10-20(28)29)12-27(3)21(16)17;1-12(2)29-18-8-6-13(10-17(18)23)22-25-21(26-30-22)16-5-3-4-15-14(7-9-19(27)28)11-24-20(15)16/h4-7,9,11-13H,8,10H2,1-3H3,(H,28,29);3-6,8,10-12,24H,7,9H2,1-2H3,(H,27,28). The molecule has 0 aliphatic carbocycles. The third-order valence-corrected chi connectivity index (χ3v) is 10.1. The number of aromatic amines is 1. The molecule has 0 amide bonds. The SMILES string of the molecule is CC(C)Oc1ccc(-c2nc(-c3cccc4c(CCC(=O)O)c[nH]c34)no2)cc1Cl.CC(C)Oc1ccc(-c2nc(-c3cccc4c(CCC(=O)O)cn(C)c34)no2)cc1Cl. The predicted molar refractivity (Wildman–Crippen MR) is 232 cm³/mol. The van der Waals surface area contributed by atoms with E-state index >= 15 is 0 Å². The largest absolute Gasteiger partial charge is 0.489 e. The first-order valence-electron chi connectivity index (χ1n) is 19.5. The van der Waals surface area contributed by atoms with Crippen LogP contribution in [0.2, 0.25) is 10.0 Å². The number of hydrogen-bond donors (Lipinski definition) is 3. The van der Waals surface area contributed by atoms with Crippen LogP contribution in [-0.4, -0.2) is 64.2 Å². The molecular weight excluding hydrogens is 823 g/mol. The van der Waals surface area contributed by atoms with Crippen LogP contribution >= 0.6 is 23.2 Å². The first-order valence-corrected chi connectivity index (χ1v) is 20.2. The number of halogens is 2. The summed E-state index contributed by atoms with van der Waals surface area (Å²) in [6.07, 6.45) is 4.86. The number of benzene rings is 4. The minimum atomic E-state index is -0.827. The lowest BCUT2D eigenvalue weighted by Crippen LogP contribution is -2.05. The average molecular weight is 866 g/mol. The molecule has 0 fully saturated rings. The zero-order valence-corrected chi connectivity index (χ0v) is 35.4. The second-order valence-electron chi connectivity index (χ2n) is 14.8. The maximum atomic E-state index is 11.0. The number of nitrogens with zero attached hydrogens (tertiary/aromatic N) is 5. The lowest BCUT2D eigenvalue weighted by Gasteiger charge is -2.11. The van der Waals surface area contributed by atoms with E-state index in [0.717, 1.165) is 44.1 Å². The molecular formula is C45H42Cl2N6O8. The van der Waals surface area contributed by atoms with Gasteiger partial charge < -0.3 is 38.3 Å². The Morgan fingerprint density at radius 3 is 1.75 bits per heavy atom. The van der Waals surface area contributed by atoms with E-state index in [1.54, 1.807) is 24.3 Å². The Labute approximate surface area is 360 Å². The van der Waals surface area contributed by atoms with Crippen molar-refractivity contribution in [3.63, 3.8) is 0 Å². The summed E-state index contributed by atoms with van der Waals surface area (Å²) in [5.41, 5.74) is 6.63. The van der Waals surface area contributed by atoms with E-state index in [9.17, 15) is 9.59 Å². The Bertz CT molecular complexity index is 2860. The van der Waals surface area contributed by atoms with E-state index in [2.05, 4.69) is 25.3 Å². The molecule has 0 radical (unpaired) electrons. The van der Waals surface area contributed by atoms with Crippen molar-refractivity contribution in [2.24, 2.45) is 7.05 Å². The van der Waals surface area contributed by atoms with Crippen molar-refractivity contribution in [1.29, 1.82) is 0 Å². The molecule has 16 heteroatoms.